The van der Waals surface area contributed by atoms with Gasteiger partial charge in [0.2, 0.25) is 6.43 Å². The van der Waals surface area contributed by atoms with E-state index in [-0.39, 0.29) is 0 Å². The minimum atomic E-state index is -2.44. The molecule has 1 unspecified atom stereocenters. The van der Waals surface area contributed by atoms with Crippen LogP contribution in [0.3, 0.4) is 0 Å². The van der Waals surface area contributed by atoms with Gasteiger partial charge in [0, 0.05) is 5.92 Å². The van der Waals surface area contributed by atoms with Crippen LogP contribution in [0.5, 0.6) is 0 Å². The summed E-state index contributed by atoms with van der Waals surface area (Å²) in [6, 6.07) is 0. The number of rotatable bonds is 5. The Morgan fingerprint density at radius 1 is 1.50 bits per heavy atom. The van der Waals surface area contributed by atoms with Crippen LogP contribution in [-0.2, 0) is 0 Å². The van der Waals surface area contributed by atoms with Crippen LogP contribution in [0.1, 0.15) is 20.3 Å². The van der Waals surface area contributed by atoms with E-state index < -0.39 is 12.3 Å². The fraction of sp³-hybridized carbons (Fsp3) is 0.500. The molecule has 0 aromatic carbocycles. The summed E-state index contributed by atoms with van der Waals surface area (Å²) in [5.41, 5.74) is 0.336. The largest absolute Gasteiger partial charge is 0.411 e. The predicted octanol–water partition coefficient (Wildman–Crippen LogP) is 3.24. The van der Waals surface area contributed by atoms with Crippen molar-refractivity contribution < 1.29 is 14.0 Å². The molecular formula is C10H15F2NO. The molecule has 0 fully saturated rings. The zero-order valence-corrected chi connectivity index (χ0v) is 8.32. The lowest BCUT2D eigenvalue weighted by molar-refractivity contribution is 0.0956. The molecule has 0 radical (unpaired) electrons. The average Bonchev–Trinajstić information content (AvgIpc) is 2.14. The van der Waals surface area contributed by atoms with Crippen LogP contribution in [0.15, 0.2) is 29.0 Å². The number of hydrogen-bond donors (Lipinski definition) is 1. The molecule has 0 saturated heterocycles. The van der Waals surface area contributed by atoms with Crippen molar-refractivity contribution in [3.8, 4) is 0 Å². The molecule has 14 heavy (non-hydrogen) atoms. The molecule has 0 heterocycles. The number of hydrogen-bond acceptors (Lipinski definition) is 2. The van der Waals surface area contributed by atoms with Crippen molar-refractivity contribution in [2.75, 3.05) is 0 Å². The molecule has 1 atom stereocenters. The first-order chi connectivity index (χ1) is 6.67. The normalized spacial score (nSPS) is 15.9. The van der Waals surface area contributed by atoms with Gasteiger partial charge in [0.15, 0.2) is 0 Å². The summed E-state index contributed by atoms with van der Waals surface area (Å²) < 4.78 is 25.0. The quantitative estimate of drug-likeness (QED) is 0.316. The molecular weight excluding hydrogens is 188 g/mol. The van der Waals surface area contributed by atoms with Gasteiger partial charge in [-0.15, -0.1) is 0 Å². The Hall–Kier alpha value is -1.19. The summed E-state index contributed by atoms with van der Waals surface area (Å²) in [5.74, 6) is -0.873. The van der Waals surface area contributed by atoms with Crippen LogP contribution in [0.4, 0.5) is 8.78 Å². The first kappa shape index (κ1) is 12.8. The van der Waals surface area contributed by atoms with Gasteiger partial charge in [-0.1, -0.05) is 30.3 Å². The molecule has 80 valence electrons. The molecule has 0 aliphatic heterocycles. The zero-order valence-electron chi connectivity index (χ0n) is 8.32. The van der Waals surface area contributed by atoms with E-state index in [0.717, 1.165) is 6.21 Å². The minimum Gasteiger partial charge on any atom is -0.411 e. The Kier molecular flexibility index (Phi) is 6.62. The Morgan fingerprint density at radius 3 is 2.50 bits per heavy atom. The second kappa shape index (κ2) is 7.24. The van der Waals surface area contributed by atoms with Gasteiger partial charge in [-0.3, -0.25) is 0 Å². The lowest BCUT2D eigenvalue weighted by atomic mass is 9.97. The molecule has 4 heteroatoms. The van der Waals surface area contributed by atoms with Crippen molar-refractivity contribution in [2.24, 2.45) is 11.1 Å². The van der Waals surface area contributed by atoms with Crippen LogP contribution in [0, 0.1) is 5.92 Å². The summed E-state index contributed by atoms with van der Waals surface area (Å²) in [7, 11) is 0. The highest BCUT2D eigenvalue weighted by Crippen LogP contribution is 2.21. The Balaban J connectivity index is 4.77. The number of nitrogens with zero attached hydrogens (tertiary/aromatic N) is 1. The second-order valence-electron chi connectivity index (χ2n) is 2.79. The van der Waals surface area contributed by atoms with Crippen LogP contribution in [0.2, 0.25) is 0 Å². The molecule has 0 aromatic heterocycles. The van der Waals surface area contributed by atoms with Gasteiger partial charge in [0.1, 0.15) is 0 Å². The van der Waals surface area contributed by atoms with E-state index in [0.29, 0.717) is 12.0 Å². The topological polar surface area (TPSA) is 32.6 Å². The fourth-order valence-electron chi connectivity index (χ4n) is 1.10. The Labute approximate surface area is 82.6 Å². The van der Waals surface area contributed by atoms with E-state index in [1.807, 2.05) is 0 Å². The average molecular weight is 203 g/mol. The van der Waals surface area contributed by atoms with E-state index in [1.54, 1.807) is 26.0 Å². The predicted molar refractivity (Wildman–Crippen MR) is 53.0 cm³/mol. The van der Waals surface area contributed by atoms with Crippen molar-refractivity contribution in [1.82, 2.24) is 0 Å². The third kappa shape index (κ3) is 4.16. The third-order valence-electron chi connectivity index (χ3n) is 1.86. The van der Waals surface area contributed by atoms with Gasteiger partial charge in [-0.2, -0.15) is 0 Å². The molecule has 0 spiro atoms. The van der Waals surface area contributed by atoms with E-state index in [2.05, 4.69) is 5.16 Å². The third-order valence-corrected chi connectivity index (χ3v) is 1.86. The minimum absolute atomic E-state index is 0.313. The first-order valence-electron chi connectivity index (χ1n) is 4.45. The highest BCUT2D eigenvalue weighted by atomic mass is 19.3. The smallest absolute Gasteiger partial charge is 0.245 e. The van der Waals surface area contributed by atoms with Gasteiger partial charge < -0.3 is 5.21 Å². The SMILES string of the molecule is C\C=C/C=C(\C=N\O)C(CC)C(F)F. The Bertz CT molecular complexity index is 234. The first-order valence-corrected chi connectivity index (χ1v) is 4.45. The Morgan fingerprint density at radius 2 is 2.14 bits per heavy atom. The maximum absolute atomic E-state index is 12.5. The second-order valence-corrected chi connectivity index (χ2v) is 2.79. The van der Waals surface area contributed by atoms with E-state index in [4.69, 9.17) is 5.21 Å². The van der Waals surface area contributed by atoms with Crippen LogP contribution < -0.4 is 0 Å². The van der Waals surface area contributed by atoms with Crippen LogP contribution >= 0.6 is 0 Å². The molecule has 0 saturated carbocycles. The monoisotopic (exact) mass is 203 g/mol. The van der Waals surface area contributed by atoms with Gasteiger partial charge in [-0.05, 0) is 18.9 Å². The number of alkyl halides is 2. The molecule has 0 bridgehead atoms. The summed E-state index contributed by atoms with van der Waals surface area (Å²) in [4.78, 5) is 0. The van der Waals surface area contributed by atoms with Gasteiger partial charge in [-0.25, -0.2) is 8.78 Å². The summed E-state index contributed by atoms with van der Waals surface area (Å²) in [6.45, 7) is 3.46. The van der Waals surface area contributed by atoms with Crippen molar-refractivity contribution in [3.63, 3.8) is 0 Å². The van der Waals surface area contributed by atoms with E-state index >= 15 is 0 Å². The van der Waals surface area contributed by atoms with Crippen molar-refractivity contribution >= 4 is 6.21 Å². The zero-order chi connectivity index (χ0) is 11.0. The van der Waals surface area contributed by atoms with E-state index in [1.165, 1.54) is 6.08 Å². The van der Waals surface area contributed by atoms with Crippen molar-refractivity contribution in [2.45, 2.75) is 26.7 Å². The molecule has 0 rings (SSSR count). The van der Waals surface area contributed by atoms with Crippen LogP contribution in [-0.4, -0.2) is 17.8 Å². The van der Waals surface area contributed by atoms with Crippen molar-refractivity contribution in [3.05, 3.63) is 23.8 Å². The number of allylic oxidation sites excluding steroid dienone is 4. The summed E-state index contributed by atoms with van der Waals surface area (Å²) >= 11 is 0. The highest BCUT2D eigenvalue weighted by molar-refractivity contribution is 5.79. The maximum Gasteiger partial charge on any atom is 0.245 e. The van der Waals surface area contributed by atoms with Gasteiger partial charge >= 0.3 is 0 Å². The van der Waals surface area contributed by atoms with Gasteiger partial charge in [0.25, 0.3) is 0 Å². The standard InChI is InChI=1S/C10H15F2NO/c1-3-5-6-8(7-13-14)9(4-2)10(11)12/h3,5-7,9-10,14H,4H2,1-2H3/b5-3-,8-6+,13-7+. The number of halogens is 2. The van der Waals surface area contributed by atoms with Gasteiger partial charge in [0.05, 0.1) is 6.21 Å². The van der Waals surface area contributed by atoms with E-state index in [9.17, 15) is 8.78 Å². The fourth-order valence-corrected chi connectivity index (χ4v) is 1.10. The molecule has 2 nitrogen and oxygen atoms in total. The maximum atomic E-state index is 12.5. The van der Waals surface area contributed by atoms with Crippen LogP contribution in [0.25, 0.3) is 0 Å². The molecule has 1 N–H and O–H groups in total. The molecule has 0 amide bonds. The molecule has 0 aliphatic rings. The van der Waals surface area contributed by atoms with Crippen molar-refractivity contribution in [1.29, 1.82) is 0 Å². The number of oxime groups is 1. The highest BCUT2D eigenvalue weighted by Gasteiger charge is 2.21. The summed E-state index contributed by atoms with van der Waals surface area (Å²) in [6.07, 6.45) is 3.83. The summed E-state index contributed by atoms with van der Waals surface area (Å²) in [5, 5.41) is 11.1. The lowest BCUT2D eigenvalue weighted by Gasteiger charge is -2.13. The lowest BCUT2D eigenvalue weighted by Crippen LogP contribution is -2.14. The molecule has 0 aromatic rings. The molecule has 0 aliphatic carbocycles.